The number of alkyl halides is 1. The van der Waals surface area contributed by atoms with Crippen LogP contribution in [0, 0.1) is 12.3 Å². The molecule has 0 aromatic carbocycles. The largest absolute Gasteiger partial charge is 0.268 e. The predicted octanol–water partition coefficient (Wildman–Crippen LogP) is 2.51. The summed E-state index contributed by atoms with van der Waals surface area (Å²) in [4.78, 5) is 11.8. The maximum atomic E-state index is 11.8. The molecule has 0 bridgehead atoms. The van der Waals surface area contributed by atoms with Gasteiger partial charge >= 0.3 is 0 Å². The number of hydrogen-bond acceptors (Lipinski definition) is 2. The molecule has 0 amide bonds. The quantitative estimate of drug-likeness (QED) is 0.800. The van der Waals surface area contributed by atoms with Crippen molar-refractivity contribution in [2.75, 3.05) is 5.33 Å². The first-order valence-corrected chi connectivity index (χ1v) is 6.87. The van der Waals surface area contributed by atoms with Gasteiger partial charge in [0.05, 0.1) is 12.7 Å². The molecule has 88 valence electrons. The molecule has 1 aliphatic carbocycles. The molecule has 4 heteroatoms. The minimum Gasteiger partial charge on any atom is -0.268 e. The zero-order chi connectivity index (χ0) is 11.6. The molecular weight excluding hydrogens is 268 g/mol. The lowest BCUT2D eigenvalue weighted by Gasteiger charge is -2.26. The van der Waals surface area contributed by atoms with Gasteiger partial charge in [0.15, 0.2) is 0 Å². The molecule has 0 aliphatic heterocycles. The summed E-state index contributed by atoms with van der Waals surface area (Å²) in [5, 5.41) is 5.18. The van der Waals surface area contributed by atoms with Gasteiger partial charge in [0.2, 0.25) is 0 Å². The van der Waals surface area contributed by atoms with Crippen molar-refractivity contribution in [1.29, 1.82) is 0 Å². The van der Waals surface area contributed by atoms with E-state index in [0.717, 1.165) is 17.4 Å². The van der Waals surface area contributed by atoms with Gasteiger partial charge in [-0.25, -0.2) is 4.68 Å². The lowest BCUT2D eigenvalue weighted by molar-refractivity contribution is 0.271. The zero-order valence-corrected chi connectivity index (χ0v) is 11.2. The maximum Gasteiger partial charge on any atom is 0.267 e. The third-order valence-electron chi connectivity index (χ3n) is 3.44. The van der Waals surface area contributed by atoms with E-state index in [1.165, 1.54) is 25.7 Å². The van der Waals surface area contributed by atoms with Crippen LogP contribution in [0.5, 0.6) is 0 Å². The van der Waals surface area contributed by atoms with Crippen molar-refractivity contribution >= 4 is 15.9 Å². The fraction of sp³-hybridized carbons (Fsp3) is 0.667. The predicted molar refractivity (Wildman–Crippen MR) is 67.9 cm³/mol. The fourth-order valence-corrected chi connectivity index (χ4v) is 3.16. The SMILES string of the molecule is Cc1cnn(CC2(CBr)CCCC2)c(=O)c1. The lowest BCUT2D eigenvalue weighted by atomic mass is 9.89. The first-order chi connectivity index (χ1) is 7.65. The van der Waals surface area contributed by atoms with Gasteiger partial charge in [0.25, 0.3) is 5.56 Å². The highest BCUT2D eigenvalue weighted by Gasteiger charge is 2.33. The molecular formula is C12H17BrN2O. The highest BCUT2D eigenvalue weighted by atomic mass is 79.9. The number of aromatic nitrogens is 2. The first kappa shape index (κ1) is 11.8. The molecule has 3 nitrogen and oxygen atoms in total. The summed E-state index contributed by atoms with van der Waals surface area (Å²) < 4.78 is 1.61. The lowest BCUT2D eigenvalue weighted by Crippen LogP contribution is -2.33. The van der Waals surface area contributed by atoms with Gasteiger partial charge in [-0.15, -0.1) is 0 Å². The molecule has 0 radical (unpaired) electrons. The van der Waals surface area contributed by atoms with Crippen molar-refractivity contribution < 1.29 is 0 Å². The Balaban J connectivity index is 2.22. The molecule has 16 heavy (non-hydrogen) atoms. The zero-order valence-electron chi connectivity index (χ0n) is 9.58. The number of hydrogen-bond donors (Lipinski definition) is 0. The average Bonchev–Trinajstić information content (AvgIpc) is 2.72. The van der Waals surface area contributed by atoms with Gasteiger partial charge in [0, 0.05) is 11.4 Å². The Morgan fingerprint density at radius 3 is 2.75 bits per heavy atom. The molecule has 0 N–H and O–H groups in total. The average molecular weight is 285 g/mol. The number of nitrogens with zero attached hydrogens (tertiary/aromatic N) is 2. The van der Waals surface area contributed by atoms with Crippen molar-refractivity contribution in [3.63, 3.8) is 0 Å². The Morgan fingerprint density at radius 1 is 1.50 bits per heavy atom. The van der Waals surface area contributed by atoms with E-state index in [1.807, 2.05) is 6.92 Å². The summed E-state index contributed by atoms with van der Waals surface area (Å²) in [7, 11) is 0. The third-order valence-corrected chi connectivity index (χ3v) is 4.63. The minimum atomic E-state index is 0.0206. The van der Waals surface area contributed by atoms with Crippen LogP contribution in [0.3, 0.4) is 0 Å². The molecule has 0 atom stereocenters. The van der Waals surface area contributed by atoms with Crippen LogP contribution in [0.15, 0.2) is 17.1 Å². The summed E-state index contributed by atoms with van der Waals surface area (Å²) in [6, 6.07) is 1.66. The van der Waals surface area contributed by atoms with Crippen molar-refractivity contribution in [2.24, 2.45) is 5.41 Å². The second-order valence-electron chi connectivity index (χ2n) is 4.87. The van der Waals surface area contributed by atoms with Gasteiger partial charge in [-0.05, 0) is 30.7 Å². The van der Waals surface area contributed by atoms with E-state index in [0.29, 0.717) is 0 Å². The van der Waals surface area contributed by atoms with Crippen LogP contribution in [0.1, 0.15) is 31.2 Å². The molecule has 2 rings (SSSR count). The Labute approximate surface area is 104 Å². The van der Waals surface area contributed by atoms with E-state index in [2.05, 4.69) is 21.0 Å². The molecule has 1 heterocycles. The van der Waals surface area contributed by atoms with E-state index in [1.54, 1.807) is 16.9 Å². The normalized spacial score (nSPS) is 18.9. The molecule has 0 spiro atoms. The van der Waals surface area contributed by atoms with E-state index >= 15 is 0 Å². The molecule has 1 aliphatic rings. The maximum absolute atomic E-state index is 11.8. The topological polar surface area (TPSA) is 34.9 Å². The van der Waals surface area contributed by atoms with Gasteiger partial charge in [-0.3, -0.25) is 4.79 Å². The standard InChI is InChI=1S/C12H17BrN2O/c1-10-6-11(16)15(14-7-10)9-12(8-13)4-2-3-5-12/h6-7H,2-5,8-9H2,1H3. The summed E-state index contributed by atoms with van der Waals surface area (Å²) in [5.74, 6) is 0. The van der Waals surface area contributed by atoms with Crippen LogP contribution < -0.4 is 5.56 Å². The molecule has 1 fully saturated rings. The highest BCUT2D eigenvalue weighted by Crippen LogP contribution is 2.40. The molecule has 0 unspecified atom stereocenters. The van der Waals surface area contributed by atoms with E-state index in [4.69, 9.17) is 0 Å². The Morgan fingerprint density at radius 2 is 2.19 bits per heavy atom. The van der Waals surface area contributed by atoms with Crippen molar-refractivity contribution in [1.82, 2.24) is 9.78 Å². The van der Waals surface area contributed by atoms with Crippen LogP contribution >= 0.6 is 15.9 Å². The van der Waals surface area contributed by atoms with Crippen LogP contribution in [-0.4, -0.2) is 15.1 Å². The van der Waals surface area contributed by atoms with E-state index in [9.17, 15) is 4.79 Å². The van der Waals surface area contributed by atoms with Gasteiger partial charge in [-0.2, -0.15) is 5.10 Å². The number of aryl methyl sites for hydroxylation is 1. The van der Waals surface area contributed by atoms with E-state index in [-0.39, 0.29) is 11.0 Å². The van der Waals surface area contributed by atoms with E-state index < -0.39 is 0 Å². The first-order valence-electron chi connectivity index (χ1n) is 5.75. The monoisotopic (exact) mass is 284 g/mol. The number of halogens is 1. The second kappa shape index (κ2) is 4.70. The van der Waals surface area contributed by atoms with Crippen LogP contribution in [0.2, 0.25) is 0 Å². The molecule has 0 saturated heterocycles. The van der Waals surface area contributed by atoms with Crippen LogP contribution in [0.25, 0.3) is 0 Å². The minimum absolute atomic E-state index is 0.0206. The van der Waals surface area contributed by atoms with Crippen molar-refractivity contribution in [3.05, 3.63) is 28.2 Å². The summed E-state index contributed by atoms with van der Waals surface area (Å²) in [5.41, 5.74) is 1.19. The Hall–Kier alpha value is -0.640. The Kier molecular flexibility index (Phi) is 3.47. The second-order valence-corrected chi connectivity index (χ2v) is 5.43. The smallest absolute Gasteiger partial charge is 0.267 e. The van der Waals surface area contributed by atoms with Gasteiger partial charge in [0.1, 0.15) is 0 Å². The summed E-state index contributed by atoms with van der Waals surface area (Å²) in [6.45, 7) is 2.64. The van der Waals surface area contributed by atoms with Crippen LogP contribution in [0.4, 0.5) is 0 Å². The third kappa shape index (κ3) is 2.37. The fourth-order valence-electron chi connectivity index (χ4n) is 2.42. The number of rotatable bonds is 3. The summed E-state index contributed by atoms with van der Waals surface area (Å²) >= 11 is 3.59. The van der Waals surface area contributed by atoms with Crippen molar-refractivity contribution in [3.8, 4) is 0 Å². The van der Waals surface area contributed by atoms with Gasteiger partial charge in [-0.1, -0.05) is 28.8 Å². The molecule has 1 aromatic heterocycles. The van der Waals surface area contributed by atoms with Crippen molar-refractivity contribution in [2.45, 2.75) is 39.2 Å². The summed E-state index contributed by atoms with van der Waals surface area (Å²) in [6.07, 6.45) is 6.69. The molecule has 1 aromatic rings. The van der Waals surface area contributed by atoms with Gasteiger partial charge < -0.3 is 0 Å². The molecule has 1 saturated carbocycles. The Bertz CT molecular complexity index is 421. The highest BCUT2D eigenvalue weighted by molar-refractivity contribution is 9.09. The van der Waals surface area contributed by atoms with Crippen LogP contribution in [-0.2, 0) is 6.54 Å².